The molecule has 5 heteroatoms. The number of para-hydroxylation sites is 3. The van der Waals surface area contributed by atoms with Crippen molar-refractivity contribution in [3.8, 4) is 11.8 Å². The van der Waals surface area contributed by atoms with Crippen LogP contribution in [0.25, 0.3) is 11.0 Å². The Bertz CT molecular complexity index is 812. The Morgan fingerprint density at radius 3 is 2.58 bits per heavy atom. The van der Waals surface area contributed by atoms with Gasteiger partial charge < -0.3 is 9.47 Å². The summed E-state index contributed by atoms with van der Waals surface area (Å²) in [7, 11) is 1.53. The lowest BCUT2D eigenvalue weighted by molar-refractivity contribution is 0.0891. The molecule has 0 radical (unpaired) electrons. The molecule has 0 aliphatic heterocycles. The van der Waals surface area contributed by atoms with Gasteiger partial charge in [-0.3, -0.25) is 4.79 Å². The SMILES string of the molecule is COc1nc2ccccc2n1C(=O)CCCCOc1ccccc1. The molecule has 124 valence electrons. The van der Waals surface area contributed by atoms with Gasteiger partial charge in [0, 0.05) is 6.42 Å². The lowest BCUT2D eigenvalue weighted by Crippen LogP contribution is -2.12. The molecule has 24 heavy (non-hydrogen) atoms. The third-order valence-corrected chi connectivity index (χ3v) is 3.76. The summed E-state index contributed by atoms with van der Waals surface area (Å²) < 4.78 is 12.4. The summed E-state index contributed by atoms with van der Waals surface area (Å²) >= 11 is 0. The highest BCUT2D eigenvalue weighted by molar-refractivity contribution is 5.91. The Morgan fingerprint density at radius 2 is 1.79 bits per heavy atom. The zero-order chi connectivity index (χ0) is 16.8. The van der Waals surface area contributed by atoms with Crippen LogP contribution in [-0.4, -0.2) is 29.2 Å². The molecule has 1 aromatic heterocycles. The maximum Gasteiger partial charge on any atom is 0.304 e. The third-order valence-electron chi connectivity index (χ3n) is 3.76. The van der Waals surface area contributed by atoms with E-state index in [0.717, 1.165) is 29.6 Å². The van der Waals surface area contributed by atoms with E-state index in [2.05, 4.69) is 4.98 Å². The van der Waals surface area contributed by atoms with Crippen LogP contribution in [-0.2, 0) is 0 Å². The van der Waals surface area contributed by atoms with Crippen molar-refractivity contribution in [3.05, 3.63) is 54.6 Å². The van der Waals surface area contributed by atoms with Crippen LogP contribution < -0.4 is 9.47 Å². The molecule has 0 aliphatic rings. The van der Waals surface area contributed by atoms with Gasteiger partial charge >= 0.3 is 6.01 Å². The predicted octanol–water partition coefficient (Wildman–Crippen LogP) is 3.93. The van der Waals surface area contributed by atoms with Crippen molar-refractivity contribution in [2.45, 2.75) is 19.3 Å². The van der Waals surface area contributed by atoms with E-state index in [-0.39, 0.29) is 5.91 Å². The zero-order valence-corrected chi connectivity index (χ0v) is 13.6. The molecular weight excluding hydrogens is 304 g/mol. The number of rotatable bonds is 7. The molecule has 3 aromatic rings. The number of fused-ring (bicyclic) bond motifs is 1. The molecule has 2 aromatic carbocycles. The number of imidazole rings is 1. The van der Waals surface area contributed by atoms with Crippen molar-refractivity contribution in [1.82, 2.24) is 9.55 Å². The lowest BCUT2D eigenvalue weighted by atomic mass is 10.2. The molecule has 0 unspecified atom stereocenters. The smallest absolute Gasteiger partial charge is 0.304 e. The molecule has 0 spiro atoms. The van der Waals surface area contributed by atoms with Gasteiger partial charge in [0.1, 0.15) is 5.75 Å². The van der Waals surface area contributed by atoms with E-state index in [0.29, 0.717) is 19.0 Å². The number of methoxy groups -OCH3 is 1. The Kier molecular flexibility index (Phi) is 5.11. The van der Waals surface area contributed by atoms with Gasteiger partial charge in [0.25, 0.3) is 0 Å². The predicted molar refractivity (Wildman–Crippen MR) is 92.7 cm³/mol. The summed E-state index contributed by atoms with van der Waals surface area (Å²) in [6, 6.07) is 17.5. The Morgan fingerprint density at radius 1 is 1.04 bits per heavy atom. The van der Waals surface area contributed by atoms with Crippen LogP contribution in [0, 0.1) is 0 Å². The molecule has 0 fully saturated rings. The van der Waals surface area contributed by atoms with Gasteiger partial charge in [-0.1, -0.05) is 30.3 Å². The van der Waals surface area contributed by atoms with Gasteiger partial charge in [0.15, 0.2) is 0 Å². The van der Waals surface area contributed by atoms with E-state index in [1.54, 1.807) is 4.57 Å². The highest BCUT2D eigenvalue weighted by atomic mass is 16.5. The Balaban J connectivity index is 1.55. The van der Waals surface area contributed by atoms with Crippen molar-refractivity contribution >= 4 is 16.9 Å². The first kappa shape index (κ1) is 16.1. The van der Waals surface area contributed by atoms with E-state index in [1.807, 2.05) is 54.6 Å². The number of carbonyl (C=O) groups is 1. The topological polar surface area (TPSA) is 53.4 Å². The van der Waals surface area contributed by atoms with Crippen LogP contribution in [0.5, 0.6) is 11.8 Å². The number of hydrogen-bond donors (Lipinski definition) is 0. The van der Waals surface area contributed by atoms with Crippen LogP contribution >= 0.6 is 0 Å². The number of hydrogen-bond acceptors (Lipinski definition) is 4. The summed E-state index contributed by atoms with van der Waals surface area (Å²) in [5.74, 6) is 0.839. The first-order chi connectivity index (χ1) is 11.8. The molecule has 3 rings (SSSR count). The quantitative estimate of drug-likeness (QED) is 0.618. The standard InChI is InChI=1S/C19H20N2O3/c1-23-19-20-16-11-5-6-12-17(16)21(19)18(22)13-7-8-14-24-15-9-3-2-4-10-15/h2-6,9-12H,7-8,13-14H2,1H3. The fourth-order valence-corrected chi connectivity index (χ4v) is 2.58. The number of unbranched alkanes of at least 4 members (excludes halogenated alkanes) is 1. The second-order valence-electron chi connectivity index (χ2n) is 5.43. The molecule has 0 aliphatic carbocycles. The summed E-state index contributed by atoms with van der Waals surface area (Å²) in [5.41, 5.74) is 1.54. The molecule has 0 saturated carbocycles. The van der Waals surface area contributed by atoms with Gasteiger partial charge in [-0.05, 0) is 37.1 Å². The van der Waals surface area contributed by atoms with E-state index in [4.69, 9.17) is 9.47 Å². The number of nitrogens with zero attached hydrogens (tertiary/aromatic N) is 2. The van der Waals surface area contributed by atoms with Crippen LogP contribution in [0.2, 0.25) is 0 Å². The van der Waals surface area contributed by atoms with E-state index >= 15 is 0 Å². The minimum atomic E-state index is -0.0136. The second-order valence-corrected chi connectivity index (χ2v) is 5.43. The largest absolute Gasteiger partial charge is 0.494 e. The first-order valence-electron chi connectivity index (χ1n) is 8.02. The average molecular weight is 324 g/mol. The number of benzene rings is 2. The van der Waals surface area contributed by atoms with Crippen molar-refractivity contribution in [3.63, 3.8) is 0 Å². The van der Waals surface area contributed by atoms with Crippen LogP contribution in [0.15, 0.2) is 54.6 Å². The van der Waals surface area contributed by atoms with Gasteiger partial charge in [0.2, 0.25) is 5.91 Å². The summed E-state index contributed by atoms with van der Waals surface area (Å²) in [6.07, 6.45) is 1.99. The molecule has 0 atom stereocenters. The van der Waals surface area contributed by atoms with Crippen molar-refractivity contribution in [2.75, 3.05) is 13.7 Å². The van der Waals surface area contributed by atoms with Crippen molar-refractivity contribution in [2.24, 2.45) is 0 Å². The highest BCUT2D eigenvalue weighted by Gasteiger charge is 2.16. The normalized spacial score (nSPS) is 10.7. The third kappa shape index (κ3) is 3.56. The summed E-state index contributed by atoms with van der Waals surface area (Å²) in [4.78, 5) is 16.9. The van der Waals surface area contributed by atoms with Crippen LogP contribution in [0.4, 0.5) is 0 Å². The van der Waals surface area contributed by atoms with Gasteiger partial charge in [-0.15, -0.1) is 0 Å². The molecule has 0 amide bonds. The monoisotopic (exact) mass is 324 g/mol. The molecule has 0 bridgehead atoms. The molecule has 1 heterocycles. The fourth-order valence-electron chi connectivity index (χ4n) is 2.58. The first-order valence-corrected chi connectivity index (χ1v) is 8.02. The molecular formula is C19H20N2O3. The van der Waals surface area contributed by atoms with E-state index in [1.165, 1.54) is 7.11 Å². The maximum atomic E-state index is 12.5. The van der Waals surface area contributed by atoms with E-state index in [9.17, 15) is 4.79 Å². The molecule has 0 saturated heterocycles. The highest BCUT2D eigenvalue weighted by Crippen LogP contribution is 2.22. The minimum absolute atomic E-state index is 0.0136. The minimum Gasteiger partial charge on any atom is -0.494 e. The Labute approximate surface area is 140 Å². The molecule has 5 nitrogen and oxygen atoms in total. The maximum absolute atomic E-state index is 12.5. The summed E-state index contributed by atoms with van der Waals surface area (Å²) in [5, 5.41) is 0. The van der Waals surface area contributed by atoms with E-state index < -0.39 is 0 Å². The van der Waals surface area contributed by atoms with Crippen LogP contribution in [0.3, 0.4) is 0 Å². The second kappa shape index (κ2) is 7.64. The number of ether oxygens (including phenoxy) is 2. The Hall–Kier alpha value is -2.82. The van der Waals surface area contributed by atoms with Gasteiger partial charge in [-0.25, -0.2) is 4.57 Å². The van der Waals surface area contributed by atoms with Gasteiger partial charge in [-0.2, -0.15) is 4.98 Å². The summed E-state index contributed by atoms with van der Waals surface area (Å²) in [6.45, 7) is 0.596. The zero-order valence-electron chi connectivity index (χ0n) is 13.6. The average Bonchev–Trinajstić information content (AvgIpc) is 3.01. The van der Waals surface area contributed by atoms with Crippen molar-refractivity contribution < 1.29 is 14.3 Å². The fraction of sp³-hybridized carbons (Fsp3) is 0.263. The lowest BCUT2D eigenvalue weighted by Gasteiger charge is -2.07. The van der Waals surface area contributed by atoms with Gasteiger partial charge in [0.05, 0.1) is 24.8 Å². The van der Waals surface area contributed by atoms with Crippen LogP contribution in [0.1, 0.15) is 24.1 Å². The van der Waals surface area contributed by atoms with Crippen molar-refractivity contribution in [1.29, 1.82) is 0 Å². The molecule has 0 N–H and O–H groups in total. The number of carbonyl (C=O) groups excluding carboxylic acids is 1. The number of aromatic nitrogens is 2.